The van der Waals surface area contributed by atoms with Crippen molar-refractivity contribution in [3.05, 3.63) is 30.6 Å². The molecule has 2 rings (SSSR count). The highest BCUT2D eigenvalue weighted by Gasteiger charge is 2.01. The van der Waals surface area contributed by atoms with Crippen LogP contribution in [0.15, 0.2) is 30.6 Å². The van der Waals surface area contributed by atoms with Crippen molar-refractivity contribution in [2.24, 2.45) is 0 Å². The van der Waals surface area contributed by atoms with Gasteiger partial charge in [-0.3, -0.25) is 4.79 Å². The largest absolute Gasteiger partial charge is 0.345 e. The minimum atomic E-state index is -0.215. The van der Waals surface area contributed by atoms with Crippen LogP contribution in [0.1, 0.15) is 13.3 Å². The minimum absolute atomic E-state index is 0.215. The Kier molecular flexibility index (Phi) is 3.98. The third kappa shape index (κ3) is 2.89. The van der Waals surface area contributed by atoms with Crippen LogP contribution in [0.25, 0.3) is 11.0 Å². The highest BCUT2D eigenvalue weighted by Crippen LogP contribution is 2.11. The van der Waals surface area contributed by atoms with Crippen LogP contribution in [0.2, 0.25) is 0 Å². The van der Waals surface area contributed by atoms with Crippen LogP contribution < -0.4 is 5.32 Å². The smallest absolute Gasteiger partial charge is 0.295 e. The molecule has 1 heterocycles. The van der Waals surface area contributed by atoms with Gasteiger partial charge < -0.3 is 9.88 Å². The molecule has 1 N–H and O–H groups in total. The topological polar surface area (TPSA) is 46.9 Å². The van der Waals surface area contributed by atoms with Crippen LogP contribution in [0.3, 0.4) is 0 Å². The number of para-hydroxylation sites is 2. The zero-order valence-electron chi connectivity index (χ0n) is 10.3. The number of benzene rings is 1. The molecule has 1 aromatic heterocycles. The van der Waals surface area contributed by atoms with Gasteiger partial charge in [-0.25, -0.2) is 4.98 Å². The van der Waals surface area contributed by atoms with Crippen LogP contribution in [-0.4, -0.2) is 22.0 Å². The Morgan fingerprint density at radius 2 is 2.28 bits per heavy atom. The number of nitrogens with zero attached hydrogens (tertiary/aromatic N) is 2. The average Bonchev–Trinajstić information content (AvgIpc) is 2.78. The van der Waals surface area contributed by atoms with Crippen molar-refractivity contribution in [2.45, 2.75) is 19.9 Å². The Morgan fingerprint density at radius 3 is 3.11 bits per heavy atom. The van der Waals surface area contributed by atoms with Gasteiger partial charge in [-0.2, -0.15) is 0 Å². The van der Waals surface area contributed by atoms with E-state index in [1.807, 2.05) is 30.6 Å². The van der Waals surface area contributed by atoms with E-state index < -0.39 is 0 Å². The Morgan fingerprint density at radius 1 is 1.44 bits per heavy atom. The van der Waals surface area contributed by atoms with E-state index in [0.717, 1.165) is 24.0 Å². The Balaban J connectivity index is 1.87. The van der Waals surface area contributed by atoms with E-state index in [-0.39, 0.29) is 5.91 Å². The van der Waals surface area contributed by atoms with Crippen LogP contribution in [0, 0.1) is 11.8 Å². The van der Waals surface area contributed by atoms with Gasteiger partial charge in [-0.15, -0.1) is 0 Å². The average molecular weight is 241 g/mol. The third-order valence-electron chi connectivity index (χ3n) is 2.63. The molecular weight excluding hydrogens is 226 g/mol. The maximum absolute atomic E-state index is 11.1. The van der Waals surface area contributed by atoms with Crippen LogP contribution in [-0.2, 0) is 11.3 Å². The molecule has 0 atom stereocenters. The summed E-state index contributed by atoms with van der Waals surface area (Å²) in [6.45, 7) is 3.11. The number of aromatic nitrogens is 2. The third-order valence-corrected chi connectivity index (χ3v) is 2.63. The molecule has 0 aliphatic rings. The van der Waals surface area contributed by atoms with Crippen molar-refractivity contribution in [2.75, 3.05) is 6.54 Å². The first-order chi connectivity index (χ1) is 8.81. The molecule has 0 fully saturated rings. The lowest BCUT2D eigenvalue weighted by Crippen LogP contribution is -2.23. The molecule has 0 radical (unpaired) electrons. The maximum atomic E-state index is 11.1. The molecule has 4 nitrogen and oxygen atoms in total. The van der Waals surface area contributed by atoms with Crippen LogP contribution >= 0.6 is 0 Å². The molecule has 0 bridgehead atoms. The van der Waals surface area contributed by atoms with Gasteiger partial charge in [0.05, 0.1) is 17.4 Å². The fourth-order valence-electron chi connectivity index (χ4n) is 1.80. The van der Waals surface area contributed by atoms with Crippen molar-refractivity contribution < 1.29 is 4.79 Å². The number of carbonyl (C=O) groups excluding carboxylic acids is 1. The molecule has 0 aliphatic carbocycles. The fourth-order valence-corrected chi connectivity index (χ4v) is 1.80. The molecule has 18 heavy (non-hydrogen) atoms. The molecule has 1 aromatic carbocycles. The van der Waals surface area contributed by atoms with Gasteiger partial charge in [0.25, 0.3) is 5.91 Å². The van der Waals surface area contributed by atoms with Gasteiger partial charge >= 0.3 is 0 Å². The number of aryl methyl sites for hydroxylation is 1. The summed E-state index contributed by atoms with van der Waals surface area (Å²) in [6.07, 6.45) is 2.69. The van der Waals surface area contributed by atoms with Crippen molar-refractivity contribution in [3.63, 3.8) is 0 Å². The van der Waals surface area contributed by atoms with Gasteiger partial charge in [-0.05, 0) is 31.4 Å². The Labute approximate surface area is 106 Å². The number of hydrogen-bond donors (Lipinski definition) is 1. The van der Waals surface area contributed by atoms with Crippen molar-refractivity contribution in [1.29, 1.82) is 0 Å². The molecular formula is C14H15N3O. The summed E-state index contributed by atoms with van der Waals surface area (Å²) in [5.41, 5.74) is 2.12. The predicted octanol–water partition coefficient (Wildman–Crippen LogP) is 1.57. The molecule has 0 unspecified atom stereocenters. The van der Waals surface area contributed by atoms with Gasteiger partial charge in [0.1, 0.15) is 0 Å². The van der Waals surface area contributed by atoms with E-state index in [0.29, 0.717) is 6.54 Å². The zero-order valence-corrected chi connectivity index (χ0v) is 10.3. The van der Waals surface area contributed by atoms with Crippen molar-refractivity contribution in [3.8, 4) is 11.8 Å². The van der Waals surface area contributed by atoms with E-state index in [9.17, 15) is 4.79 Å². The molecule has 4 heteroatoms. The summed E-state index contributed by atoms with van der Waals surface area (Å²) >= 11 is 0. The number of imidazole rings is 1. The number of carbonyl (C=O) groups is 1. The van der Waals surface area contributed by atoms with Crippen LogP contribution in [0.4, 0.5) is 0 Å². The second-order valence-electron chi connectivity index (χ2n) is 3.91. The molecule has 0 saturated carbocycles. The van der Waals surface area contributed by atoms with Gasteiger partial charge in [0, 0.05) is 13.1 Å². The SMILES string of the molecule is CC#CC(=O)NCCCn1cnc2ccccc21. The second-order valence-corrected chi connectivity index (χ2v) is 3.91. The summed E-state index contributed by atoms with van der Waals surface area (Å²) in [7, 11) is 0. The highest BCUT2D eigenvalue weighted by molar-refractivity contribution is 5.93. The van der Waals surface area contributed by atoms with E-state index in [1.165, 1.54) is 0 Å². The summed E-state index contributed by atoms with van der Waals surface area (Å²) in [4.78, 5) is 15.4. The van der Waals surface area contributed by atoms with E-state index in [2.05, 4.69) is 26.7 Å². The summed E-state index contributed by atoms with van der Waals surface area (Å²) < 4.78 is 2.09. The molecule has 0 saturated heterocycles. The molecule has 2 aromatic rings. The lowest BCUT2D eigenvalue weighted by molar-refractivity contribution is -0.115. The predicted molar refractivity (Wildman–Crippen MR) is 70.8 cm³/mol. The number of amides is 1. The lowest BCUT2D eigenvalue weighted by atomic mass is 10.3. The molecule has 0 spiro atoms. The standard InChI is InChI=1S/C14H15N3O/c1-2-6-14(18)15-9-5-10-17-11-16-12-7-3-4-8-13(12)17/h3-4,7-8,11H,5,9-10H2,1H3,(H,15,18). The Bertz CT molecular complexity index is 604. The van der Waals surface area contributed by atoms with E-state index in [4.69, 9.17) is 0 Å². The zero-order chi connectivity index (χ0) is 12.8. The normalized spacial score (nSPS) is 9.83. The van der Waals surface area contributed by atoms with Gasteiger partial charge in [-0.1, -0.05) is 18.1 Å². The Hall–Kier alpha value is -2.28. The second kappa shape index (κ2) is 5.87. The fraction of sp³-hybridized carbons (Fsp3) is 0.286. The number of fused-ring (bicyclic) bond motifs is 1. The summed E-state index contributed by atoms with van der Waals surface area (Å²) in [5.74, 6) is 4.80. The lowest BCUT2D eigenvalue weighted by Gasteiger charge is -2.04. The van der Waals surface area contributed by atoms with Crippen molar-refractivity contribution in [1.82, 2.24) is 14.9 Å². The molecule has 1 amide bonds. The van der Waals surface area contributed by atoms with Crippen molar-refractivity contribution >= 4 is 16.9 Å². The first kappa shape index (κ1) is 12.2. The van der Waals surface area contributed by atoms with Gasteiger partial charge in [0.15, 0.2) is 0 Å². The minimum Gasteiger partial charge on any atom is -0.345 e. The first-order valence-electron chi connectivity index (χ1n) is 5.91. The summed E-state index contributed by atoms with van der Waals surface area (Å²) in [6, 6.07) is 8.01. The quantitative estimate of drug-likeness (QED) is 0.652. The molecule has 92 valence electrons. The monoisotopic (exact) mass is 241 g/mol. The van der Waals surface area contributed by atoms with E-state index in [1.54, 1.807) is 6.92 Å². The molecule has 0 aliphatic heterocycles. The maximum Gasteiger partial charge on any atom is 0.295 e. The van der Waals surface area contributed by atoms with Gasteiger partial charge in [0.2, 0.25) is 0 Å². The summed E-state index contributed by atoms with van der Waals surface area (Å²) in [5, 5.41) is 2.75. The highest BCUT2D eigenvalue weighted by atomic mass is 16.1. The number of hydrogen-bond acceptors (Lipinski definition) is 2. The van der Waals surface area contributed by atoms with E-state index >= 15 is 0 Å². The van der Waals surface area contributed by atoms with Crippen LogP contribution in [0.5, 0.6) is 0 Å². The number of nitrogens with one attached hydrogen (secondary N) is 1. The first-order valence-corrected chi connectivity index (χ1v) is 5.91. The number of rotatable bonds is 4.